The quantitative estimate of drug-likeness (QED) is 0.665. The summed E-state index contributed by atoms with van der Waals surface area (Å²) in [7, 11) is 0. The van der Waals surface area contributed by atoms with Gasteiger partial charge in [-0.2, -0.15) is 0 Å². The molecule has 2 nitrogen and oxygen atoms in total. The van der Waals surface area contributed by atoms with E-state index in [1.54, 1.807) is 0 Å². The minimum absolute atomic E-state index is 0.0381. The van der Waals surface area contributed by atoms with Crippen LogP contribution in [0.5, 0.6) is 0 Å². The van der Waals surface area contributed by atoms with E-state index in [0.717, 1.165) is 5.56 Å². The standard InChI is InChI=1S/C10H12O2/c1-8(7-10(11)12)9-5-3-2-4-6-9/h2-6,8H,7H2,1H3,(H,11,12)/p-1/t8-/m0/s1. The first-order valence-corrected chi connectivity index (χ1v) is 3.95. The molecule has 0 amide bonds. The number of benzene rings is 1. The number of aliphatic carboxylic acids is 1. The molecule has 0 aliphatic carbocycles. The van der Waals surface area contributed by atoms with Crippen molar-refractivity contribution < 1.29 is 9.90 Å². The van der Waals surface area contributed by atoms with E-state index >= 15 is 0 Å². The van der Waals surface area contributed by atoms with Crippen LogP contribution in [-0.2, 0) is 4.79 Å². The van der Waals surface area contributed by atoms with Gasteiger partial charge in [0.2, 0.25) is 0 Å². The van der Waals surface area contributed by atoms with Gasteiger partial charge < -0.3 is 9.90 Å². The lowest BCUT2D eigenvalue weighted by molar-refractivity contribution is -0.306. The molecule has 1 rings (SSSR count). The molecule has 0 unspecified atom stereocenters. The molecule has 0 saturated heterocycles. The van der Waals surface area contributed by atoms with Crippen molar-refractivity contribution in [3.8, 4) is 0 Å². The van der Waals surface area contributed by atoms with Gasteiger partial charge in [0, 0.05) is 5.97 Å². The molecular formula is C10H11O2-. The maximum atomic E-state index is 10.3. The summed E-state index contributed by atoms with van der Waals surface area (Å²) in [5.74, 6) is -0.956. The molecule has 0 N–H and O–H groups in total. The Hall–Kier alpha value is -1.31. The molecule has 1 atom stereocenters. The number of hydrogen-bond donors (Lipinski definition) is 0. The third-order valence-electron chi connectivity index (χ3n) is 1.84. The Labute approximate surface area is 71.8 Å². The van der Waals surface area contributed by atoms with Crippen LogP contribution < -0.4 is 5.11 Å². The summed E-state index contributed by atoms with van der Waals surface area (Å²) in [4.78, 5) is 10.3. The van der Waals surface area contributed by atoms with E-state index in [1.165, 1.54) is 0 Å². The number of carboxylic acid groups (broad SMARTS) is 1. The van der Waals surface area contributed by atoms with Crippen molar-refractivity contribution in [2.45, 2.75) is 19.3 Å². The fraction of sp³-hybridized carbons (Fsp3) is 0.300. The second-order valence-corrected chi connectivity index (χ2v) is 2.89. The largest absolute Gasteiger partial charge is 0.550 e. The van der Waals surface area contributed by atoms with E-state index in [2.05, 4.69) is 0 Å². The molecular weight excluding hydrogens is 152 g/mol. The Kier molecular flexibility index (Phi) is 2.86. The van der Waals surface area contributed by atoms with Gasteiger partial charge in [0.1, 0.15) is 0 Å². The molecule has 0 radical (unpaired) electrons. The van der Waals surface area contributed by atoms with Crippen molar-refractivity contribution in [2.75, 3.05) is 0 Å². The van der Waals surface area contributed by atoms with Crippen LogP contribution >= 0.6 is 0 Å². The summed E-state index contributed by atoms with van der Waals surface area (Å²) < 4.78 is 0. The first-order valence-electron chi connectivity index (χ1n) is 3.95. The molecule has 0 aliphatic heterocycles. The van der Waals surface area contributed by atoms with Gasteiger partial charge in [-0.15, -0.1) is 0 Å². The molecule has 0 fully saturated rings. The minimum atomic E-state index is -0.994. The van der Waals surface area contributed by atoms with Gasteiger partial charge in [0.15, 0.2) is 0 Å². The molecule has 1 aromatic rings. The number of rotatable bonds is 3. The number of carbonyl (C=O) groups excluding carboxylic acids is 1. The maximum Gasteiger partial charge on any atom is 0.0420 e. The fourth-order valence-electron chi connectivity index (χ4n) is 1.15. The van der Waals surface area contributed by atoms with Gasteiger partial charge in [0.05, 0.1) is 0 Å². The predicted molar refractivity (Wildman–Crippen MR) is 44.5 cm³/mol. The lowest BCUT2D eigenvalue weighted by Crippen LogP contribution is -2.23. The van der Waals surface area contributed by atoms with E-state index in [4.69, 9.17) is 0 Å². The summed E-state index contributed by atoms with van der Waals surface area (Å²) in [5, 5.41) is 10.3. The van der Waals surface area contributed by atoms with Gasteiger partial charge >= 0.3 is 0 Å². The first-order chi connectivity index (χ1) is 5.70. The maximum absolute atomic E-state index is 10.3. The SMILES string of the molecule is C[C@@H](CC(=O)[O-])c1ccccc1. The van der Waals surface area contributed by atoms with Crippen LogP contribution in [0.2, 0.25) is 0 Å². The lowest BCUT2D eigenvalue weighted by Gasteiger charge is -2.11. The van der Waals surface area contributed by atoms with Crippen LogP contribution in [-0.4, -0.2) is 5.97 Å². The molecule has 1 aromatic carbocycles. The summed E-state index contributed by atoms with van der Waals surface area (Å²) in [6.45, 7) is 1.88. The molecule has 12 heavy (non-hydrogen) atoms. The molecule has 64 valence electrons. The fourth-order valence-corrected chi connectivity index (χ4v) is 1.15. The monoisotopic (exact) mass is 163 g/mol. The van der Waals surface area contributed by atoms with Gasteiger partial charge in [-0.05, 0) is 17.9 Å². The minimum Gasteiger partial charge on any atom is -0.550 e. The highest BCUT2D eigenvalue weighted by molar-refractivity contribution is 5.65. The van der Waals surface area contributed by atoms with Crippen molar-refractivity contribution in [1.82, 2.24) is 0 Å². The van der Waals surface area contributed by atoms with Crippen molar-refractivity contribution in [3.05, 3.63) is 35.9 Å². The van der Waals surface area contributed by atoms with Crippen LogP contribution in [0.1, 0.15) is 24.8 Å². The molecule has 0 aliphatic rings. The van der Waals surface area contributed by atoms with E-state index in [0.29, 0.717) is 0 Å². The molecule has 2 heteroatoms. The third kappa shape index (κ3) is 2.38. The summed E-state index contributed by atoms with van der Waals surface area (Å²) in [6.07, 6.45) is 0.0873. The molecule has 0 saturated carbocycles. The average molecular weight is 163 g/mol. The van der Waals surface area contributed by atoms with Gasteiger partial charge in [-0.25, -0.2) is 0 Å². The normalized spacial score (nSPS) is 12.4. The highest BCUT2D eigenvalue weighted by Crippen LogP contribution is 2.17. The van der Waals surface area contributed by atoms with Crippen LogP contribution in [0.3, 0.4) is 0 Å². The van der Waals surface area contributed by atoms with E-state index in [-0.39, 0.29) is 12.3 Å². The van der Waals surface area contributed by atoms with Gasteiger partial charge in [-0.1, -0.05) is 37.3 Å². The van der Waals surface area contributed by atoms with Crippen LogP contribution in [0.4, 0.5) is 0 Å². The molecule has 0 heterocycles. The summed E-state index contributed by atoms with van der Waals surface area (Å²) in [5.41, 5.74) is 1.04. The van der Waals surface area contributed by atoms with Crippen LogP contribution in [0.15, 0.2) is 30.3 Å². The lowest BCUT2D eigenvalue weighted by atomic mass is 9.98. The number of carbonyl (C=O) groups is 1. The van der Waals surface area contributed by atoms with Crippen LogP contribution in [0.25, 0.3) is 0 Å². The first kappa shape index (κ1) is 8.78. The Morgan fingerprint density at radius 1 is 1.42 bits per heavy atom. The Morgan fingerprint density at radius 2 is 2.00 bits per heavy atom. The highest BCUT2D eigenvalue weighted by Gasteiger charge is 2.03. The zero-order chi connectivity index (χ0) is 8.97. The zero-order valence-corrected chi connectivity index (χ0v) is 6.99. The molecule has 0 spiro atoms. The van der Waals surface area contributed by atoms with Crippen molar-refractivity contribution in [1.29, 1.82) is 0 Å². The second-order valence-electron chi connectivity index (χ2n) is 2.89. The summed E-state index contributed by atoms with van der Waals surface area (Å²) in [6, 6.07) is 9.57. The Bertz CT molecular complexity index is 254. The second kappa shape index (κ2) is 3.90. The predicted octanol–water partition coefficient (Wildman–Crippen LogP) is 0.930. The topological polar surface area (TPSA) is 40.1 Å². The third-order valence-corrected chi connectivity index (χ3v) is 1.84. The molecule has 0 aromatic heterocycles. The smallest absolute Gasteiger partial charge is 0.0420 e. The van der Waals surface area contributed by atoms with Crippen molar-refractivity contribution in [3.63, 3.8) is 0 Å². The van der Waals surface area contributed by atoms with E-state index in [1.807, 2.05) is 37.3 Å². The summed E-state index contributed by atoms with van der Waals surface area (Å²) >= 11 is 0. The van der Waals surface area contributed by atoms with Crippen molar-refractivity contribution in [2.24, 2.45) is 0 Å². The van der Waals surface area contributed by atoms with Gasteiger partial charge in [0.25, 0.3) is 0 Å². The van der Waals surface area contributed by atoms with E-state index in [9.17, 15) is 9.90 Å². The highest BCUT2D eigenvalue weighted by atomic mass is 16.4. The van der Waals surface area contributed by atoms with Crippen molar-refractivity contribution >= 4 is 5.97 Å². The number of carboxylic acids is 1. The number of hydrogen-bond acceptors (Lipinski definition) is 2. The Balaban J connectivity index is 2.65. The molecule has 0 bridgehead atoms. The van der Waals surface area contributed by atoms with E-state index < -0.39 is 5.97 Å². The van der Waals surface area contributed by atoms with Crippen LogP contribution in [0, 0.1) is 0 Å². The zero-order valence-electron chi connectivity index (χ0n) is 6.99. The van der Waals surface area contributed by atoms with Gasteiger partial charge in [-0.3, -0.25) is 0 Å². The average Bonchev–Trinajstić information content (AvgIpc) is 2.05. The Morgan fingerprint density at radius 3 is 2.50 bits per heavy atom.